The molecule has 156 valence electrons. The number of aromatic amines is 1. The first-order chi connectivity index (χ1) is 15.3. The summed E-state index contributed by atoms with van der Waals surface area (Å²) in [6.45, 7) is 2.42. The molecule has 3 heterocycles. The molecule has 31 heavy (non-hydrogen) atoms. The van der Waals surface area contributed by atoms with Crippen LogP contribution in [0.25, 0.3) is 31.6 Å². The number of fused-ring (bicyclic) bond motifs is 2. The molecule has 0 spiro atoms. The molecule has 0 radical (unpaired) electrons. The summed E-state index contributed by atoms with van der Waals surface area (Å²) in [6, 6.07) is 21.4. The monoisotopic (exact) mass is 428 g/mol. The first-order valence-corrected chi connectivity index (χ1v) is 11.1. The van der Waals surface area contributed by atoms with Gasteiger partial charge in [-0.25, -0.2) is 0 Å². The van der Waals surface area contributed by atoms with Crippen molar-refractivity contribution in [3.05, 3.63) is 78.6 Å². The van der Waals surface area contributed by atoms with Crippen molar-refractivity contribution in [3.63, 3.8) is 0 Å². The first kappa shape index (κ1) is 19.8. The van der Waals surface area contributed by atoms with Crippen LogP contribution in [-0.4, -0.2) is 30.2 Å². The van der Waals surface area contributed by atoms with Crippen LogP contribution in [0.1, 0.15) is 5.56 Å². The Kier molecular flexibility index (Phi) is 5.67. The van der Waals surface area contributed by atoms with Crippen LogP contribution in [0, 0.1) is 0 Å². The highest BCUT2D eigenvalue weighted by atomic mass is 32.1. The van der Waals surface area contributed by atoms with Crippen LogP contribution < -0.4 is 10.6 Å². The van der Waals surface area contributed by atoms with Crippen molar-refractivity contribution in [2.75, 3.05) is 25.6 Å². The minimum absolute atomic E-state index is 0.724. The van der Waals surface area contributed by atoms with E-state index >= 15 is 0 Å². The molecule has 2 aromatic carbocycles. The second-order valence-electron chi connectivity index (χ2n) is 7.45. The summed E-state index contributed by atoms with van der Waals surface area (Å²) in [5.41, 5.74) is 6.78. The summed E-state index contributed by atoms with van der Waals surface area (Å²) in [5, 5.41) is 8.15. The smallest absolute Gasteiger partial charge is 0.0837 e. The van der Waals surface area contributed by atoms with Crippen molar-refractivity contribution < 1.29 is 4.74 Å². The van der Waals surface area contributed by atoms with Crippen LogP contribution >= 0.6 is 11.3 Å². The van der Waals surface area contributed by atoms with E-state index in [0.717, 1.165) is 46.8 Å². The van der Waals surface area contributed by atoms with Gasteiger partial charge in [0, 0.05) is 54.1 Å². The van der Waals surface area contributed by atoms with Crippen LogP contribution in [0.3, 0.4) is 0 Å². The second-order valence-corrected chi connectivity index (χ2v) is 8.51. The maximum atomic E-state index is 5.07. The van der Waals surface area contributed by atoms with Gasteiger partial charge in [0.05, 0.1) is 22.5 Å². The summed E-state index contributed by atoms with van der Waals surface area (Å²) in [5.74, 6) is 0. The predicted molar refractivity (Wildman–Crippen MR) is 130 cm³/mol. The zero-order chi connectivity index (χ0) is 21.0. The van der Waals surface area contributed by atoms with E-state index < -0.39 is 0 Å². The van der Waals surface area contributed by atoms with Crippen molar-refractivity contribution in [2.24, 2.45) is 0 Å². The summed E-state index contributed by atoms with van der Waals surface area (Å²) in [7, 11) is 1.72. The number of hydrogen-bond acceptors (Lipinski definition) is 5. The molecule has 0 saturated carbocycles. The lowest BCUT2D eigenvalue weighted by molar-refractivity contribution is 0.199. The Morgan fingerprint density at radius 1 is 1.03 bits per heavy atom. The normalized spacial score (nSPS) is 11.4. The number of nitrogens with one attached hydrogen (secondary N) is 3. The summed E-state index contributed by atoms with van der Waals surface area (Å²) < 4.78 is 6.24. The van der Waals surface area contributed by atoms with E-state index in [0.29, 0.717) is 0 Å². The number of anilines is 2. The third kappa shape index (κ3) is 4.32. The molecule has 0 atom stereocenters. The van der Waals surface area contributed by atoms with Gasteiger partial charge in [-0.2, -0.15) is 0 Å². The number of ether oxygens (including phenoxy) is 1. The molecule has 0 bridgehead atoms. The number of aromatic nitrogens is 2. The lowest BCUT2D eigenvalue weighted by Crippen LogP contribution is -2.18. The number of pyridine rings is 1. The Balaban J connectivity index is 1.37. The Hall–Kier alpha value is -3.19. The maximum absolute atomic E-state index is 5.07. The van der Waals surface area contributed by atoms with E-state index in [1.54, 1.807) is 18.4 Å². The Bertz CT molecular complexity index is 1310. The van der Waals surface area contributed by atoms with Gasteiger partial charge in [0.2, 0.25) is 0 Å². The number of H-pyrrole nitrogens is 1. The largest absolute Gasteiger partial charge is 0.383 e. The first-order valence-electron chi connectivity index (χ1n) is 10.3. The number of hydrogen-bond donors (Lipinski definition) is 3. The van der Waals surface area contributed by atoms with Crippen molar-refractivity contribution in [1.29, 1.82) is 0 Å². The minimum atomic E-state index is 0.724. The van der Waals surface area contributed by atoms with Crippen molar-refractivity contribution >= 4 is 43.8 Å². The zero-order valence-corrected chi connectivity index (χ0v) is 18.1. The van der Waals surface area contributed by atoms with Gasteiger partial charge in [-0.1, -0.05) is 24.3 Å². The quantitative estimate of drug-likeness (QED) is 0.268. The van der Waals surface area contributed by atoms with E-state index in [2.05, 4.69) is 75.2 Å². The summed E-state index contributed by atoms with van der Waals surface area (Å²) in [4.78, 5) is 9.05. The van der Waals surface area contributed by atoms with E-state index in [4.69, 9.17) is 4.74 Å². The lowest BCUT2D eigenvalue weighted by atomic mass is 10.1. The van der Waals surface area contributed by atoms with Crippen molar-refractivity contribution in [1.82, 2.24) is 15.3 Å². The number of rotatable bonds is 8. The predicted octanol–water partition coefficient (Wildman–Crippen LogP) is 5.92. The van der Waals surface area contributed by atoms with E-state index in [9.17, 15) is 0 Å². The molecule has 3 N–H and O–H groups in total. The second kappa shape index (κ2) is 8.89. The van der Waals surface area contributed by atoms with Crippen molar-refractivity contribution in [3.8, 4) is 10.4 Å². The SMILES string of the molecule is COCCNCc1ccc(-c2cc3nccc(Nc4ccc5[nH]ccc5c4)c3s2)cc1. The Morgan fingerprint density at radius 2 is 1.94 bits per heavy atom. The topological polar surface area (TPSA) is 62.0 Å². The van der Waals surface area contributed by atoms with E-state index in [1.807, 2.05) is 18.5 Å². The minimum Gasteiger partial charge on any atom is -0.383 e. The molecule has 0 amide bonds. The standard InChI is InChI=1S/C25H24N4OS/c1-30-13-12-26-16-17-2-4-18(5-3-17)24-15-23-25(31-24)22(9-11-28-23)29-20-6-7-21-19(14-20)8-10-27-21/h2-11,14-15,26-27H,12-13,16H2,1H3,(H,28,29). The molecular weight excluding hydrogens is 404 g/mol. The van der Waals surface area contributed by atoms with Crippen LogP contribution in [0.15, 0.2) is 73.1 Å². The average Bonchev–Trinajstić information content (AvgIpc) is 3.44. The molecular formula is C25H24N4OS. The molecule has 6 heteroatoms. The van der Waals surface area contributed by atoms with E-state index in [1.165, 1.54) is 21.4 Å². The van der Waals surface area contributed by atoms with Gasteiger partial charge in [-0.05, 0) is 47.5 Å². The third-order valence-corrected chi connectivity index (χ3v) is 6.50. The highest BCUT2D eigenvalue weighted by molar-refractivity contribution is 7.22. The van der Waals surface area contributed by atoms with Crippen LogP contribution in [0.2, 0.25) is 0 Å². The highest BCUT2D eigenvalue weighted by Gasteiger charge is 2.10. The van der Waals surface area contributed by atoms with Gasteiger partial charge in [0.1, 0.15) is 0 Å². The van der Waals surface area contributed by atoms with Crippen molar-refractivity contribution in [2.45, 2.75) is 6.54 Å². The fourth-order valence-corrected chi connectivity index (χ4v) is 4.75. The van der Waals surface area contributed by atoms with Gasteiger partial charge in [0.15, 0.2) is 0 Å². The molecule has 0 fully saturated rings. The van der Waals surface area contributed by atoms with Gasteiger partial charge < -0.3 is 20.4 Å². The number of thiophene rings is 1. The molecule has 0 aliphatic carbocycles. The number of nitrogens with zero attached hydrogens (tertiary/aromatic N) is 1. The summed E-state index contributed by atoms with van der Waals surface area (Å²) in [6.07, 6.45) is 3.83. The highest BCUT2D eigenvalue weighted by Crippen LogP contribution is 2.37. The third-order valence-electron chi connectivity index (χ3n) is 5.29. The fraction of sp³-hybridized carbons (Fsp3) is 0.160. The Morgan fingerprint density at radius 3 is 2.81 bits per heavy atom. The molecule has 5 aromatic rings. The van der Waals surface area contributed by atoms with Crippen LogP contribution in [0.5, 0.6) is 0 Å². The summed E-state index contributed by atoms with van der Waals surface area (Å²) >= 11 is 1.77. The van der Waals surface area contributed by atoms with Gasteiger partial charge in [-0.3, -0.25) is 4.98 Å². The molecule has 5 nitrogen and oxygen atoms in total. The van der Waals surface area contributed by atoms with Gasteiger partial charge >= 0.3 is 0 Å². The lowest BCUT2D eigenvalue weighted by Gasteiger charge is -2.07. The molecule has 0 aliphatic heterocycles. The van der Waals surface area contributed by atoms with Crippen LogP contribution in [-0.2, 0) is 11.3 Å². The van der Waals surface area contributed by atoms with Crippen LogP contribution in [0.4, 0.5) is 11.4 Å². The molecule has 5 rings (SSSR count). The van der Waals surface area contributed by atoms with E-state index in [-0.39, 0.29) is 0 Å². The number of benzene rings is 2. The number of methoxy groups -OCH3 is 1. The molecule has 0 aliphatic rings. The fourth-order valence-electron chi connectivity index (χ4n) is 3.66. The zero-order valence-electron chi connectivity index (χ0n) is 17.3. The average molecular weight is 429 g/mol. The molecule has 3 aromatic heterocycles. The van der Waals surface area contributed by atoms with Gasteiger partial charge in [-0.15, -0.1) is 11.3 Å². The molecule has 0 unspecified atom stereocenters. The Labute approximate surface area is 185 Å². The van der Waals surface area contributed by atoms with Gasteiger partial charge in [0.25, 0.3) is 0 Å². The molecule has 0 saturated heterocycles. The maximum Gasteiger partial charge on any atom is 0.0837 e.